The molecule has 0 bridgehead atoms. The maximum absolute atomic E-state index is 11.0. The number of nitro groups is 1. The largest absolute Gasteiger partial charge is 0.374 e. The number of nitrogens with zero attached hydrogens (tertiary/aromatic N) is 6. The average Bonchev–Trinajstić information content (AvgIpc) is 3.10. The molecule has 1 unspecified atom stereocenters. The van der Waals surface area contributed by atoms with Crippen LogP contribution in [0.5, 0.6) is 0 Å². The molecule has 1 aromatic carbocycles. The highest BCUT2D eigenvalue weighted by Gasteiger charge is 2.20. The summed E-state index contributed by atoms with van der Waals surface area (Å²) in [4.78, 5) is 24.2. The SMILES string of the molecule is COC(C)c1noc(CN2CCCN(c3ccc4cc([N+](=O)[O-])ccc4n3)CC2)n1. The van der Waals surface area contributed by atoms with Crippen LogP contribution in [0.3, 0.4) is 0 Å². The molecular formula is C20H24N6O4. The van der Waals surface area contributed by atoms with E-state index in [1.54, 1.807) is 19.2 Å². The molecule has 1 aliphatic heterocycles. The minimum absolute atomic E-state index is 0.0755. The number of fused-ring (bicyclic) bond motifs is 1. The zero-order valence-electron chi connectivity index (χ0n) is 17.0. The van der Waals surface area contributed by atoms with Crippen LogP contribution in [-0.4, -0.2) is 58.2 Å². The van der Waals surface area contributed by atoms with Gasteiger partial charge in [-0.15, -0.1) is 0 Å². The van der Waals surface area contributed by atoms with Gasteiger partial charge in [-0.1, -0.05) is 5.16 Å². The molecule has 2 aromatic heterocycles. The van der Waals surface area contributed by atoms with Crippen molar-refractivity contribution in [1.29, 1.82) is 0 Å². The van der Waals surface area contributed by atoms with Gasteiger partial charge in [-0.2, -0.15) is 4.98 Å². The number of aromatic nitrogens is 3. The van der Waals surface area contributed by atoms with Crippen LogP contribution < -0.4 is 4.90 Å². The Balaban J connectivity index is 1.42. The molecule has 0 amide bonds. The zero-order chi connectivity index (χ0) is 21.1. The molecule has 0 radical (unpaired) electrons. The molecule has 3 aromatic rings. The Bertz CT molecular complexity index is 1040. The molecular weight excluding hydrogens is 388 g/mol. The summed E-state index contributed by atoms with van der Waals surface area (Å²) >= 11 is 0. The Kier molecular flexibility index (Phi) is 5.86. The molecule has 1 saturated heterocycles. The minimum atomic E-state index is -0.390. The molecule has 30 heavy (non-hydrogen) atoms. The first-order valence-electron chi connectivity index (χ1n) is 9.91. The summed E-state index contributed by atoms with van der Waals surface area (Å²) in [5.74, 6) is 2.03. The number of ether oxygens (including phenoxy) is 1. The molecule has 0 aliphatic carbocycles. The number of hydrogen-bond donors (Lipinski definition) is 0. The van der Waals surface area contributed by atoms with Gasteiger partial charge in [-0.25, -0.2) is 4.98 Å². The number of non-ortho nitro benzene ring substituents is 1. The van der Waals surface area contributed by atoms with Gasteiger partial charge in [0.2, 0.25) is 5.89 Å². The standard InChI is InChI=1S/C20H24N6O4/c1-14(29-2)20-22-19(30-23-20)13-24-8-3-9-25(11-10-24)18-7-4-15-12-16(26(27)28)5-6-17(15)21-18/h4-7,12,14H,3,8-11,13H2,1-2H3. The van der Waals surface area contributed by atoms with Crippen LogP contribution in [0.1, 0.15) is 31.2 Å². The predicted octanol–water partition coefficient (Wildman–Crippen LogP) is 2.95. The first-order valence-corrected chi connectivity index (χ1v) is 9.91. The van der Waals surface area contributed by atoms with Gasteiger partial charge < -0.3 is 14.2 Å². The summed E-state index contributed by atoms with van der Waals surface area (Å²) in [5, 5.41) is 15.7. The van der Waals surface area contributed by atoms with Gasteiger partial charge in [0.1, 0.15) is 11.9 Å². The molecule has 1 atom stereocenters. The van der Waals surface area contributed by atoms with Crippen LogP contribution in [0, 0.1) is 10.1 Å². The monoisotopic (exact) mass is 412 g/mol. The average molecular weight is 412 g/mol. The number of benzene rings is 1. The number of hydrogen-bond acceptors (Lipinski definition) is 9. The van der Waals surface area contributed by atoms with Gasteiger partial charge in [-0.05, 0) is 31.5 Å². The van der Waals surface area contributed by atoms with Gasteiger partial charge >= 0.3 is 0 Å². The Morgan fingerprint density at radius 2 is 2.07 bits per heavy atom. The van der Waals surface area contributed by atoms with Crippen LogP contribution in [0.15, 0.2) is 34.9 Å². The highest BCUT2D eigenvalue weighted by molar-refractivity contribution is 5.82. The lowest BCUT2D eigenvalue weighted by Crippen LogP contribution is -2.31. The van der Waals surface area contributed by atoms with Crippen molar-refractivity contribution in [3.8, 4) is 0 Å². The number of anilines is 1. The van der Waals surface area contributed by atoms with E-state index in [0.29, 0.717) is 18.3 Å². The van der Waals surface area contributed by atoms with E-state index in [2.05, 4.69) is 19.9 Å². The fourth-order valence-corrected chi connectivity index (χ4v) is 3.54. The number of methoxy groups -OCH3 is 1. The summed E-state index contributed by atoms with van der Waals surface area (Å²) < 4.78 is 10.6. The van der Waals surface area contributed by atoms with Gasteiger partial charge in [-0.3, -0.25) is 15.0 Å². The van der Waals surface area contributed by atoms with E-state index in [4.69, 9.17) is 14.2 Å². The van der Waals surface area contributed by atoms with Crippen molar-refractivity contribution in [3.05, 3.63) is 52.2 Å². The van der Waals surface area contributed by atoms with Crippen molar-refractivity contribution in [3.63, 3.8) is 0 Å². The van der Waals surface area contributed by atoms with E-state index in [-0.39, 0.29) is 16.7 Å². The summed E-state index contributed by atoms with van der Waals surface area (Å²) in [6, 6.07) is 8.57. The fourth-order valence-electron chi connectivity index (χ4n) is 3.54. The first-order chi connectivity index (χ1) is 14.5. The topological polar surface area (TPSA) is 111 Å². The second kappa shape index (κ2) is 8.72. The van der Waals surface area contributed by atoms with E-state index >= 15 is 0 Å². The Labute approximate surface area is 173 Å². The lowest BCUT2D eigenvalue weighted by atomic mass is 10.2. The quantitative estimate of drug-likeness (QED) is 0.445. The molecule has 1 fully saturated rings. The van der Waals surface area contributed by atoms with Crippen molar-refractivity contribution in [2.24, 2.45) is 0 Å². The van der Waals surface area contributed by atoms with Crippen molar-refractivity contribution in [2.75, 3.05) is 38.2 Å². The summed E-state index contributed by atoms with van der Waals surface area (Å²) in [6.45, 7) is 5.96. The maximum atomic E-state index is 11.0. The van der Waals surface area contributed by atoms with Crippen molar-refractivity contribution in [1.82, 2.24) is 20.0 Å². The molecule has 0 N–H and O–H groups in total. The third-order valence-corrected chi connectivity index (χ3v) is 5.34. The normalized spacial score (nSPS) is 16.5. The second-order valence-electron chi connectivity index (χ2n) is 7.34. The molecule has 10 heteroatoms. The Morgan fingerprint density at radius 1 is 1.20 bits per heavy atom. The second-order valence-corrected chi connectivity index (χ2v) is 7.34. The van der Waals surface area contributed by atoms with E-state index < -0.39 is 0 Å². The zero-order valence-corrected chi connectivity index (χ0v) is 17.0. The van der Waals surface area contributed by atoms with Gasteiger partial charge in [0, 0.05) is 50.8 Å². The number of rotatable bonds is 6. The molecule has 0 saturated carbocycles. The molecule has 158 valence electrons. The highest BCUT2D eigenvalue weighted by Crippen LogP contribution is 2.23. The lowest BCUT2D eigenvalue weighted by molar-refractivity contribution is -0.384. The first kappa shape index (κ1) is 20.2. The van der Waals surface area contributed by atoms with Gasteiger partial charge in [0.15, 0.2) is 5.82 Å². The molecule has 3 heterocycles. The van der Waals surface area contributed by atoms with Crippen LogP contribution >= 0.6 is 0 Å². The van der Waals surface area contributed by atoms with Gasteiger partial charge in [0.05, 0.1) is 17.0 Å². The van der Waals surface area contributed by atoms with Crippen molar-refractivity contribution >= 4 is 22.4 Å². The van der Waals surface area contributed by atoms with Crippen LogP contribution in [0.2, 0.25) is 0 Å². The molecule has 0 spiro atoms. The third kappa shape index (κ3) is 4.39. The lowest BCUT2D eigenvalue weighted by Gasteiger charge is -2.22. The van der Waals surface area contributed by atoms with Crippen molar-refractivity contribution in [2.45, 2.75) is 26.0 Å². The molecule has 10 nitrogen and oxygen atoms in total. The third-order valence-electron chi connectivity index (χ3n) is 5.34. The van der Waals surface area contributed by atoms with Crippen LogP contribution in [-0.2, 0) is 11.3 Å². The van der Waals surface area contributed by atoms with E-state index in [9.17, 15) is 10.1 Å². The number of nitro benzene ring substituents is 1. The van der Waals surface area contributed by atoms with E-state index in [0.717, 1.165) is 49.3 Å². The Hall–Kier alpha value is -3.11. The fraction of sp³-hybridized carbons (Fsp3) is 0.450. The summed E-state index contributed by atoms with van der Waals surface area (Å²) in [5.41, 5.74) is 0.830. The minimum Gasteiger partial charge on any atom is -0.374 e. The predicted molar refractivity (Wildman–Crippen MR) is 110 cm³/mol. The van der Waals surface area contributed by atoms with E-state index in [1.807, 2.05) is 19.1 Å². The van der Waals surface area contributed by atoms with E-state index in [1.165, 1.54) is 6.07 Å². The summed E-state index contributed by atoms with van der Waals surface area (Å²) in [7, 11) is 1.62. The van der Waals surface area contributed by atoms with Crippen molar-refractivity contribution < 1.29 is 14.2 Å². The summed E-state index contributed by atoms with van der Waals surface area (Å²) in [6.07, 6.45) is 0.789. The molecule has 1 aliphatic rings. The highest BCUT2D eigenvalue weighted by atomic mass is 16.6. The maximum Gasteiger partial charge on any atom is 0.270 e. The number of pyridine rings is 1. The van der Waals surface area contributed by atoms with Crippen LogP contribution in [0.25, 0.3) is 10.9 Å². The molecule has 4 rings (SSSR count). The van der Waals surface area contributed by atoms with Crippen LogP contribution in [0.4, 0.5) is 11.5 Å². The van der Waals surface area contributed by atoms with Gasteiger partial charge in [0.25, 0.3) is 5.69 Å². The Morgan fingerprint density at radius 3 is 2.87 bits per heavy atom. The smallest absolute Gasteiger partial charge is 0.270 e.